The van der Waals surface area contributed by atoms with Crippen LogP contribution < -0.4 is 5.32 Å². The van der Waals surface area contributed by atoms with Gasteiger partial charge < -0.3 is 10.4 Å². The van der Waals surface area contributed by atoms with Crippen LogP contribution in [-0.4, -0.2) is 58.2 Å². The fourth-order valence-corrected chi connectivity index (χ4v) is 2.84. The second-order valence-electron chi connectivity index (χ2n) is 5.41. The van der Waals surface area contributed by atoms with Crippen LogP contribution in [0.1, 0.15) is 16.8 Å². The molecule has 21 heavy (non-hydrogen) atoms. The van der Waals surface area contributed by atoms with Gasteiger partial charge in [-0.3, -0.25) is 19.7 Å². The van der Waals surface area contributed by atoms with E-state index >= 15 is 0 Å². The molecule has 2 N–H and O–H groups in total. The van der Waals surface area contributed by atoms with Gasteiger partial charge in [0.25, 0.3) is 5.91 Å². The van der Waals surface area contributed by atoms with Crippen molar-refractivity contribution in [1.29, 1.82) is 0 Å². The van der Waals surface area contributed by atoms with Crippen molar-refractivity contribution < 1.29 is 9.90 Å². The zero-order valence-electron chi connectivity index (χ0n) is 11.9. The number of para-hydroxylation sites is 1. The summed E-state index contributed by atoms with van der Waals surface area (Å²) in [4.78, 5) is 23.0. The smallest absolute Gasteiger partial charge is 0.253 e. The molecule has 1 saturated heterocycles. The fourth-order valence-electron chi connectivity index (χ4n) is 2.84. The van der Waals surface area contributed by atoms with Crippen LogP contribution >= 0.6 is 0 Å². The van der Waals surface area contributed by atoms with Gasteiger partial charge in [0.2, 0.25) is 0 Å². The molecule has 0 aliphatic carbocycles. The molecule has 2 heterocycles. The second kappa shape index (κ2) is 5.75. The number of aliphatic hydroxyl groups excluding tert-OH is 1. The lowest BCUT2D eigenvalue weighted by atomic mass is 10.1. The van der Waals surface area contributed by atoms with Crippen LogP contribution in [0.5, 0.6) is 0 Å². The summed E-state index contributed by atoms with van der Waals surface area (Å²) in [5.41, 5.74) is 1.86. The van der Waals surface area contributed by atoms with E-state index in [0.29, 0.717) is 16.6 Å². The Bertz CT molecular complexity index is 656. The monoisotopic (exact) mass is 286 g/mol. The van der Waals surface area contributed by atoms with Crippen molar-refractivity contribution in [2.75, 3.05) is 20.2 Å². The van der Waals surface area contributed by atoms with Crippen LogP contribution in [0.25, 0.3) is 11.0 Å². The number of benzene rings is 1. The van der Waals surface area contributed by atoms with Gasteiger partial charge in [-0.25, -0.2) is 0 Å². The molecule has 3 rings (SSSR count). The molecule has 1 amide bonds. The number of hydrogen-bond acceptors (Lipinski definition) is 5. The van der Waals surface area contributed by atoms with Crippen LogP contribution in [0.15, 0.2) is 30.6 Å². The average molecular weight is 286 g/mol. The minimum absolute atomic E-state index is 0.0478. The summed E-state index contributed by atoms with van der Waals surface area (Å²) in [5.74, 6) is -0.141. The maximum absolute atomic E-state index is 12.5. The van der Waals surface area contributed by atoms with E-state index in [-0.39, 0.29) is 24.6 Å². The number of likely N-dealkylation sites (tertiary alicyclic amines) is 1. The standard InChI is InChI=1S/C15H18N4O2/c1-19-8-10(7-11(19)9-20)18-15(21)12-3-2-4-13-14(12)17-6-5-16-13/h2-6,10-11,20H,7-9H2,1H3,(H,18,21)/t10-,11+/m1/s1. The molecule has 0 unspecified atom stereocenters. The Morgan fingerprint density at radius 1 is 1.43 bits per heavy atom. The van der Waals surface area contributed by atoms with Crippen LogP contribution in [0.3, 0.4) is 0 Å². The Hall–Kier alpha value is -2.05. The number of carbonyl (C=O) groups excluding carboxylic acids is 1. The predicted molar refractivity (Wildman–Crippen MR) is 78.9 cm³/mol. The highest BCUT2D eigenvalue weighted by Crippen LogP contribution is 2.17. The first-order valence-corrected chi connectivity index (χ1v) is 7.00. The minimum Gasteiger partial charge on any atom is -0.395 e. The zero-order valence-corrected chi connectivity index (χ0v) is 11.9. The van der Waals surface area contributed by atoms with Gasteiger partial charge in [-0.1, -0.05) is 6.07 Å². The Morgan fingerprint density at radius 3 is 3.00 bits per heavy atom. The highest BCUT2D eigenvalue weighted by Gasteiger charge is 2.30. The quantitative estimate of drug-likeness (QED) is 0.855. The average Bonchev–Trinajstić information content (AvgIpc) is 2.86. The van der Waals surface area contributed by atoms with Crippen molar-refractivity contribution in [3.05, 3.63) is 36.2 Å². The number of hydrogen-bond donors (Lipinski definition) is 2. The van der Waals surface area contributed by atoms with E-state index < -0.39 is 0 Å². The number of aromatic nitrogens is 2. The van der Waals surface area contributed by atoms with Crippen molar-refractivity contribution in [1.82, 2.24) is 20.2 Å². The lowest BCUT2D eigenvalue weighted by Gasteiger charge is -2.15. The Morgan fingerprint density at radius 2 is 2.24 bits per heavy atom. The molecule has 1 aromatic heterocycles. The highest BCUT2D eigenvalue weighted by molar-refractivity contribution is 6.04. The first kappa shape index (κ1) is 13.9. The third-order valence-electron chi connectivity index (χ3n) is 3.98. The molecule has 1 aliphatic heterocycles. The van der Waals surface area contributed by atoms with E-state index in [1.54, 1.807) is 18.5 Å². The molecule has 1 fully saturated rings. The lowest BCUT2D eigenvalue weighted by molar-refractivity contribution is 0.0939. The number of nitrogens with one attached hydrogen (secondary N) is 1. The Kier molecular flexibility index (Phi) is 3.81. The zero-order chi connectivity index (χ0) is 14.8. The van der Waals surface area contributed by atoms with E-state index in [4.69, 9.17) is 0 Å². The number of rotatable bonds is 3. The van der Waals surface area contributed by atoms with Gasteiger partial charge in [-0.15, -0.1) is 0 Å². The van der Waals surface area contributed by atoms with Crippen molar-refractivity contribution in [2.24, 2.45) is 0 Å². The number of likely N-dealkylation sites (N-methyl/N-ethyl adjacent to an activating group) is 1. The maximum atomic E-state index is 12.5. The normalized spacial score (nSPS) is 22.6. The number of amides is 1. The largest absolute Gasteiger partial charge is 0.395 e. The molecule has 0 radical (unpaired) electrons. The SMILES string of the molecule is CN1C[C@H](NC(=O)c2cccc3nccnc23)C[C@H]1CO. The van der Waals surface area contributed by atoms with E-state index in [1.165, 1.54) is 0 Å². The van der Waals surface area contributed by atoms with Crippen molar-refractivity contribution in [2.45, 2.75) is 18.5 Å². The summed E-state index contributed by atoms with van der Waals surface area (Å²) in [6.45, 7) is 0.857. The van der Waals surface area contributed by atoms with Crippen molar-refractivity contribution >= 4 is 16.9 Å². The molecule has 110 valence electrons. The topological polar surface area (TPSA) is 78.4 Å². The lowest BCUT2D eigenvalue weighted by Crippen LogP contribution is -2.36. The summed E-state index contributed by atoms with van der Waals surface area (Å²) < 4.78 is 0. The van der Waals surface area contributed by atoms with E-state index in [1.807, 2.05) is 19.2 Å². The third-order valence-corrected chi connectivity index (χ3v) is 3.98. The number of fused-ring (bicyclic) bond motifs is 1. The summed E-state index contributed by atoms with van der Waals surface area (Å²) in [5, 5.41) is 12.3. The minimum atomic E-state index is -0.141. The number of carbonyl (C=O) groups is 1. The van der Waals surface area contributed by atoms with Crippen molar-refractivity contribution in [3.8, 4) is 0 Å². The van der Waals surface area contributed by atoms with Gasteiger partial charge in [0.05, 0.1) is 17.7 Å². The molecule has 2 aromatic rings. The molecule has 0 bridgehead atoms. The van der Waals surface area contributed by atoms with Gasteiger partial charge in [-0.05, 0) is 25.6 Å². The summed E-state index contributed by atoms with van der Waals surface area (Å²) in [7, 11) is 1.95. The van der Waals surface area contributed by atoms with Gasteiger partial charge in [0.15, 0.2) is 0 Å². The summed E-state index contributed by atoms with van der Waals surface area (Å²) in [6.07, 6.45) is 3.96. The van der Waals surface area contributed by atoms with Gasteiger partial charge >= 0.3 is 0 Å². The molecule has 6 nitrogen and oxygen atoms in total. The van der Waals surface area contributed by atoms with Crippen LogP contribution in [-0.2, 0) is 0 Å². The molecular formula is C15H18N4O2. The fraction of sp³-hybridized carbons (Fsp3) is 0.400. The van der Waals surface area contributed by atoms with Gasteiger partial charge in [0, 0.05) is 31.0 Å². The maximum Gasteiger partial charge on any atom is 0.253 e. The van der Waals surface area contributed by atoms with E-state index in [9.17, 15) is 9.90 Å². The first-order chi connectivity index (χ1) is 10.2. The molecule has 6 heteroatoms. The highest BCUT2D eigenvalue weighted by atomic mass is 16.3. The van der Waals surface area contributed by atoms with Crippen LogP contribution in [0.2, 0.25) is 0 Å². The van der Waals surface area contributed by atoms with Crippen LogP contribution in [0, 0.1) is 0 Å². The molecule has 1 aromatic carbocycles. The third kappa shape index (κ3) is 2.72. The Balaban J connectivity index is 1.79. The number of nitrogens with zero attached hydrogens (tertiary/aromatic N) is 3. The first-order valence-electron chi connectivity index (χ1n) is 7.00. The van der Waals surface area contributed by atoms with Gasteiger partial charge in [0.1, 0.15) is 5.52 Å². The van der Waals surface area contributed by atoms with E-state index in [0.717, 1.165) is 13.0 Å². The summed E-state index contributed by atoms with van der Waals surface area (Å²) in [6, 6.07) is 5.57. The summed E-state index contributed by atoms with van der Waals surface area (Å²) >= 11 is 0. The second-order valence-corrected chi connectivity index (χ2v) is 5.41. The van der Waals surface area contributed by atoms with Crippen molar-refractivity contribution in [3.63, 3.8) is 0 Å². The molecule has 2 atom stereocenters. The molecular weight excluding hydrogens is 268 g/mol. The predicted octanol–water partition coefficient (Wildman–Crippen LogP) is 0.425. The molecule has 0 saturated carbocycles. The molecule has 0 spiro atoms. The van der Waals surface area contributed by atoms with E-state index in [2.05, 4.69) is 20.2 Å². The Labute approximate surface area is 122 Å². The molecule has 1 aliphatic rings. The number of aliphatic hydroxyl groups is 1. The van der Waals surface area contributed by atoms with Gasteiger partial charge in [-0.2, -0.15) is 0 Å². The van der Waals surface area contributed by atoms with Crippen LogP contribution in [0.4, 0.5) is 0 Å².